The highest BCUT2D eigenvalue weighted by atomic mass is 15.1. The summed E-state index contributed by atoms with van der Waals surface area (Å²) in [6.45, 7) is 3.26. The van der Waals surface area contributed by atoms with E-state index in [2.05, 4.69) is 11.5 Å². The third-order valence-corrected chi connectivity index (χ3v) is 4.19. The number of nitrogens with zero attached hydrogens (tertiary/aromatic N) is 2. The number of hydrogen-bond acceptors (Lipinski definition) is 2. The van der Waals surface area contributed by atoms with Gasteiger partial charge in [-0.1, -0.05) is 12.8 Å². The third kappa shape index (κ3) is 1.49. The van der Waals surface area contributed by atoms with Crippen LogP contribution in [0.1, 0.15) is 67.7 Å². The molecule has 1 aliphatic carbocycles. The average molecular weight is 219 g/mol. The van der Waals surface area contributed by atoms with Crippen molar-refractivity contribution in [1.82, 2.24) is 9.55 Å². The predicted molar refractivity (Wildman–Crippen MR) is 64.3 cm³/mol. The van der Waals surface area contributed by atoms with Crippen molar-refractivity contribution in [3.63, 3.8) is 0 Å². The van der Waals surface area contributed by atoms with Crippen molar-refractivity contribution in [2.45, 2.75) is 64.0 Å². The van der Waals surface area contributed by atoms with E-state index in [0.29, 0.717) is 5.92 Å². The van der Waals surface area contributed by atoms with E-state index in [1.165, 1.54) is 49.3 Å². The molecule has 1 unspecified atom stereocenters. The maximum Gasteiger partial charge on any atom is 0.112 e. The quantitative estimate of drug-likeness (QED) is 0.789. The standard InChI is InChI=1S/C13H21N3/c1-9-12-11(14)7-4-8-16(12)13(15-9)10-5-2-3-6-10/h10-11H,2-8,14H2,1H3. The zero-order chi connectivity index (χ0) is 11.1. The Balaban J connectivity index is 2.02. The molecule has 3 nitrogen and oxygen atoms in total. The molecule has 2 aliphatic rings. The largest absolute Gasteiger partial charge is 0.330 e. The minimum absolute atomic E-state index is 0.219. The second kappa shape index (κ2) is 3.88. The maximum absolute atomic E-state index is 6.20. The number of aromatic nitrogens is 2. The smallest absolute Gasteiger partial charge is 0.112 e. The fourth-order valence-corrected chi connectivity index (χ4v) is 3.41. The number of aryl methyl sites for hydroxylation is 1. The third-order valence-electron chi connectivity index (χ3n) is 4.19. The van der Waals surface area contributed by atoms with Crippen molar-refractivity contribution in [1.29, 1.82) is 0 Å². The zero-order valence-corrected chi connectivity index (χ0v) is 10.1. The lowest BCUT2D eigenvalue weighted by molar-refractivity contribution is 0.440. The van der Waals surface area contributed by atoms with Crippen LogP contribution in [-0.4, -0.2) is 9.55 Å². The van der Waals surface area contributed by atoms with Crippen LogP contribution in [0.25, 0.3) is 0 Å². The Morgan fingerprint density at radius 1 is 1.19 bits per heavy atom. The molecule has 2 heterocycles. The Bertz CT molecular complexity index is 388. The number of imidazole rings is 1. The van der Waals surface area contributed by atoms with Crippen LogP contribution < -0.4 is 5.73 Å². The van der Waals surface area contributed by atoms with Gasteiger partial charge >= 0.3 is 0 Å². The van der Waals surface area contributed by atoms with Crippen LogP contribution in [0.3, 0.4) is 0 Å². The van der Waals surface area contributed by atoms with Crippen LogP contribution in [0.5, 0.6) is 0 Å². The van der Waals surface area contributed by atoms with Gasteiger partial charge in [0.2, 0.25) is 0 Å². The summed E-state index contributed by atoms with van der Waals surface area (Å²) < 4.78 is 2.43. The fourth-order valence-electron chi connectivity index (χ4n) is 3.41. The Hall–Kier alpha value is -0.830. The summed E-state index contributed by atoms with van der Waals surface area (Å²) in [6, 6.07) is 0.219. The zero-order valence-electron chi connectivity index (χ0n) is 10.1. The van der Waals surface area contributed by atoms with E-state index in [-0.39, 0.29) is 6.04 Å². The first-order chi connectivity index (χ1) is 7.77. The highest BCUT2D eigenvalue weighted by molar-refractivity contribution is 5.23. The molecule has 16 heavy (non-hydrogen) atoms. The molecular weight excluding hydrogens is 198 g/mol. The van der Waals surface area contributed by atoms with Crippen LogP contribution in [0.2, 0.25) is 0 Å². The molecule has 1 aliphatic heterocycles. The van der Waals surface area contributed by atoms with Gasteiger partial charge in [-0.3, -0.25) is 0 Å². The van der Waals surface area contributed by atoms with Crippen LogP contribution >= 0.6 is 0 Å². The van der Waals surface area contributed by atoms with Gasteiger partial charge in [-0.25, -0.2) is 4.98 Å². The lowest BCUT2D eigenvalue weighted by atomic mass is 10.0. The monoisotopic (exact) mass is 219 g/mol. The molecule has 1 atom stereocenters. The summed E-state index contributed by atoms with van der Waals surface area (Å²) in [4.78, 5) is 4.81. The van der Waals surface area contributed by atoms with Crippen molar-refractivity contribution in [3.8, 4) is 0 Å². The molecule has 1 fully saturated rings. The second-order valence-corrected chi connectivity index (χ2v) is 5.32. The molecule has 0 radical (unpaired) electrons. The van der Waals surface area contributed by atoms with E-state index < -0.39 is 0 Å². The van der Waals surface area contributed by atoms with Crippen molar-refractivity contribution >= 4 is 0 Å². The van der Waals surface area contributed by atoms with Gasteiger partial charge in [0.1, 0.15) is 5.82 Å². The van der Waals surface area contributed by atoms with E-state index in [1.807, 2.05) is 0 Å². The van der Waals surface area contributed by atoms with Gasteiger partial charge in [0.15, 0.2) is 0 Å². The summed E-state index contributed by atoms with van der Waals surface area (Å²) >= 11 is 0. The van der Waals surface area contributed by atoms with Crippen LogP contribution in [0.15, 0.2) is 0 Å². The molecule has 3 rings (SSSR count). The van der Waals surface area contributed by atoms with Gasteiger partial charge in [-0.05, 0) is 32.6 Å². The minimum atomic E-state index is 0.219. The van der Waals surface area contributed by atoms with Gasteiger partial charge < -0.3 is 10.3 Å². The molecule has 1 aromatic rings. The first kappa shape index (κ1) is 10.3. The molecule has 1 saturated carbocycles. The normalized spacial score (nSPS) is 26.0. The van der Waals surface area contributed by atoms with Gasteiger partial charge in [0, 0.05) is 18.5 Å². The predicted octanol–water partition coefficient (Wildman–Crippen LogP) is 2.64. The minimum Gasteiger partial charge on any atom is -0.330 e. The molecule has 0 spiro atoms. The van der Waals surface area contributed by atoms with Crippen molar-refractivity contribution in [3.05, 3.63) is 17.2 Å². The number of fused-ring (bicyclic) bond motifs is 1. The van der Waals surface area contributed by atoms with E-state index in [4.69, 9.17) is 10.7 Å². The van der Waals surface area contributed by atoms with Crippen LogP contribution in [-0.2, 0) is 6.54 Å². The van der Waals surface area contributed by atoms with Gasteiger partial charge in [0.25, 0.3) is 0 Å². The summed E-state index contributed by atoms with van der Waals surface area (Å²) in [5.74, 6) is 2.04. The summed E-state index contributed by atoms with van der Waals surface area (Å²) in [7, 11) is 0. The second-order valence-electron chi connectivity index (χ2n) is 5.32. The number of hydrogen-bond donors (Lipinski definition) is 1. The highest BCUT2D eigenvalue weighted by Crippen LogP contribution is 2.37. The average Bonchev–Trinajstić information content (AvgIpc) is 2.86. The molecule has 0 bridgehead atoms. The van der Waals surface area contributed by atoms with Crippen LogP contribution in [0.4, 0.5) is 0 Å². The highest BCUT2D eigenvalue weighted by Gasteiger charge is 2.28. The van der Waals surface area contributed by atoms with Crippen molar-refractivity contribution in [2.75, 3.05) is 0 Å². The lowest BCUT2D eigenvalue weighted by Gasteiger charge is -2.24. The molecule has 0 aromatic carbocycles. The Morgan fingerprint density at radius 2 is 1.94 bits per heavy atom. The molecular formula is C13H21N3. The molecule has 2 N–H and O–H groups in total. The summed E-state index contributed by atoms with van der Waals surface area (Å²) in [5, 5.41) is 0. The SMILES string of the molecule is Cc1nc(C2CCCC2)n2c1C(N)CCC2. The summed E-state index contributed by atoms with van der Waals surface area (Å²) in [6.07, 6.45) is 7.73. The first-order valence-corrected chi connectivity index (χ1v) is 6.60. The fraction of sp³-hybridized carbons (Fsp3) is 0.769. The maximum atomic E-state index is 6.20. The number of nitrogens with two attached hydrogens (primary N) is 1. The Morgan fingerprint density at radius 3 is 2.69 bits per heavy atom. The van der Waals surface area contributed by atoms with Gasteiger partial charge in [-0.2, -0.15) is 0 Å². The van der Waals surface area contributed by atoms with E-state index in [9.17, 15) is 0 Å². The molecule has 0 saturated heterocycles. The molecule has 3 heteroatoms. The summed E-state index contributed by atoms with van der Waals surface area (Å²) in [5.41, 5.74) is 8.69. The van der Waals surface area contributed by atoms with Crippen molar-refractivity contribution in [2.24, 2.45) is 5.73 Å². The van der Waals surface area contributed by atoms with Gasteiger partial charge in [-0.15, -0.1) is 0 Å². The molecule has 1 aromatic heterocycles. The molecule has 0 amide bonds. The van der Waals surface area contributed by atoms with Crippen LogP contribution in [0, 0.1) is 6.92 Å². The Kier molecular flexibility index (Phi) is 2.51. The van der Waals surface area contributed by atoms with Crippen molar-refractivity contribution < 1.29 is 0 Å². The van der Waals surface area contributed by atoms with Gasteiger partial charge in [0.05, 0.1) is 11.4 Å². The topological polar surface area (TPSA) is 43.8 Å². The van der Waals surface area contributed by atoms with E-state index >= 15 is 0 Å². The van der Waals surface area contributed by atoms with E-state index in [1.54, 1.807) is 0 Å². The van der Waals surface area contributed by atoms with E-state index in [0.717, 1.165) is 13.0 Å². The Labute approximate surface area is 97.0 Å². The molecule has 88 valence electrons. The number of rotatable bonds is 1. The lowest BCUT2D eigenvalue weighted by Crippen LogP contribution is -2.23. The first-order valence-electron chi connectivity index (χ1n) is 6.60.